The van der Waals surface area contributed by atoms with E-state index in [1.54, 1.807) is 0 Å². The topological polar surface area (TPSA) is 75.6 Å². The van der Waals surface area contributed by atoms with Crippen molar-refractivity contribution in [3.63, 3.8) is 0 Å². The number of nitrogens with one attached hydrogen (secondary N) is 1. The Bertz CT molecular complexity index is 594. The largest absolute Gasteiger partial charge is 0.561 e. The molecular formula is C13H14BF2NO4. The SMILES string of the molecule is CCCC(=O)NC1BOc2c(C(=O)O)cc(F)c(F)c2C1. The van der Waals surface area contributed by atoms with E-state index < -0.39 is 29.1 Å². The number of hydrogen-bond acceptors (Lipinski definition) is 3. The summed E-state index contributed by atoms with van der Waals surface area (Å²) in [5.74, 6) is -4.64. The van der Waals surface area contributed by atoms with Crippen LogP contribution in [0.2, 0.25) is 0 Å². The molecule has 0 saturated heterocycles. The van der Waals surface area contributed by atoms with Crippen molar-refractivity contribution in [2.45, 2.75) is 32.1 Å². The third kappa shape index (κ3) is 3.14. The van der Waals surface area contributed by atoms with E-state index in [2.05, 4.69) is 5.32 Å². The minimum Gasteiger partial charge on any atom is -0.561 e. The third-order valence-electron chi connectivity index (χ3n) is 3.22. The van der Waals surface area contributed by atoms with Crippen LogP contribution in [0.5, 0.6) is 5.75 Å². The van der Waals surface area contributed by atoms with Gasteiger partial charge in [0.05, 0.1) is 0 Å². The first-order valence-corrected chi connectivity index (χ1v) is 6.60. The van der Waals surface area contributed by atoms with E-state index in [0.29, 0.717) is 18.9 Å². The Morgan fingerprint density at radius 2 is 2.24 bits per heavy atom. The van der Waals surface area contributed by atoms with Crippen LogP contribution < -0.4 is 9.97 Å². The molecule has 1 amide bonds. The lowest BCUT2D eigenvalue weighted by Gasteiger charge is -2.26. The Kier molecular flexibility index (Phi) is 4.45. The van der Waals surface area contributed by atoms with Crippen molar-refractivity contribution in [1.82, 2.24) is 5.32 Å². The van der Waals surface area contributed by atoms with Gasteiger partial charge in [0.2, 0.25) is 5.91 Å². The number of hydrogen-bond donors (Lipinski definition) is 2. The number of amides is 1. The average Bonchev–Trinajstić information content (AvgIpc) is 2.43. The number of carboxylic acids is 1. The van der Waals surface area contributed by atoms with Gasteiger partial charge in [0.1, 0.15) is 11.3 Å². The van der Waals surface area contributed by atoms with E-state index >= 15 is 0 Å². The molecule has 1 aliphatic heterocycles. The fraction of sp³-hybridized carbons (Fsp3) is 0.385. The van der Waals surface area contributed by atoms with Gasteiger partial charge in [0.25, 0.3) is 0 Å². The molecule has 1 aromatic carbocycles. The molecule has 0 fully saturated rings. The Morgan fingerprint density at radius 3 is 2.86 bits per heavy atom. The fourth-order valence-electron chi connectivity index (χ4n) is 2.28. The highest BCUT2D eigenvalue weighted by atomic mass is 19.2. The molecule has 5 nitrogen and oxygen atoms in total. The first kappa shape index (κ1) is 15.3. The van der Waals surface area contributed by atoms with Gasteiger partial charge in [-0.3, -0.25) is 4.79 Å². The maximum Gasteiger partial charge on any atom is 0.363 e. The van der Waals surface area contributed by atoms with Crippen LogP contribution in [0, 0.1) is 11.6 Å². The van der Waals surface area contributed by atoms with Crippen LogP contribution in [0.25, 0.3) is 0 Å². The van der Waals surface area contributed by atoms with Crippen LogP contribution in [0.4, 0.5) is 8.78 Å². The zero-order valence-corrected chi connectivity index (χ0v) is 11.4. The van der Waals surface area contributed by atoms with Gasteiger partial charge < -0.3 is 15.1 Å². The normalized spacial score (nSPS) is 16.4. The Hall–Kier alpha value is -2.12. The second kappa shape index (κ2) is 6.11. The van der Waals surface area contributed by atoms with Crippen molar-refractivity contribution in [2.24, 2.45) is 0 Å². The summed E-state index contributed by atoms with van der Waals surface area (Å²) < 4.78 is 32.5. The zero-order chi connectivity index (χ0) is 15.6. The molecule has 2 rings (SSSR count). The number of carbonyl (C=O) groups is 2. The smallest absolute Gasteiger partial charge is 0.363 e. The summed E-state index contributed by atoms with van der Waals surface area (Å²) in [6.07, 6.45) is 0.992. The quantitative estimate of drug-likeness (QED) is 0.819. The van der Waals surface area contributed by atoms with Gasteiger partial charge in [-0.15, -0.1) is 0 Å². The zero-order valence-electron chi connectivity index (χ0n) is 11.4. The molecule has 0 bridgehead atoms. The number of fused-ring (bicyclic) bond motifs is 1. The predicted octanol–water partition coefficient (Wildman–Crippen LogP) is 1.19. The van der Waals surface area contributed by atoms with Crippen LogP contribution in [0.15, 0.2) is 6.07 Å². The highest BCUT2D eigenvalue weighted by molar-refractivity contribution is 6.32. The molecule has 0 aliphatic carbocycles. The van der Waals surface area contributed by atoms with E-state index in [1.807, 2.05) is 6.92 Å². The summed E-state index contributed by atoms with van der Waals surface area (Å²) in [5.41, 5.74) is -0.567. The lowest BCUT2D eigenvalue weighted by molar-refractivity contribution is -0.121. The van der Waals surface area contributed by atoms with E-state index in [1.165, 1.54) is 0 Å². The van der Waals surface area contributed by atoms with Gasteiger partial charge in [-0.1, -0.05) is 6.92 Å². The molecule has 1 atom stereocenters. The maximum absolute atomic E-state index is 13.8. The van der Waals surface area contributed by atoms with Gasteiger partial charge in [0.15, 0.2) is 11.6 Å². The Balaban J connectivity index is 2.28. The Labute approximate surface area is 120 Å². The molecule has 1 heterocycles. The molecule has 8 heteroatoms. The molecule has 1 unspecified atom stereocenters. The van der Waals surface area contributed by atoms with Gasteiger partial charge in [0, 0.05) is 17.9 Å². The molecule has 0 spiro atoms. The van der Waals surface area contributed by atoms with Gasteiger partial charge >= 0.3 is 13.5 Å². The lowest BCUT2D eigenvalue weighted by Crippen LogP contribution is -2.45. The molecule has 0 saturated carbocycles. The summed E-state index contributed by atoms with van der Waals surface area (Å²) in [7, 11) is 0.0216. The molecule has 21 heavy (non-hydrogen) atoms. The molecule has 112 valence electrons. The maximum atomic E-state index is 13.8. The monoisotopic (exact) mass is 297 g/mol. The molecule has 0 radical (unpaired) electrons. The first-order valence-electron chi connectivity index (χ1n) is 6.60. The van der Waals surface area contributed by atoms with Crippen molar-refractivity contribution >= 4 is 19.4 Å². The second-order valence-electron chi connectivity index (χ2n) is 4.86. The van der Waals surface area contributed by atoms with Crippen molar-refractivity contribution in [3.8, 4) is 5.75 Å². The number of aromatic carboxylic acids is 1. The van der Waals surface area contributed by atoms with Crippen LogP contribution >= 0.6 is 0 Å². The van der Waals surface area contributed by atoms with Crippen molar-refractivity contribution in [2.75, 3.05) is 0 Å². The summed E-state index contributed by atoms with van der Waals surface area (Å²) in [4.78, 5) is 22.6. The van der Waals surface area contributed by atoms with E-state index in [4.69, 9.17) is 9.76 Å². The van der Waals surface area contributed by atoms with Crippen molar-refractivity contribution in [1.29, 1.82) is 0 Å². The summed E-state index contributed by atoms with van der Waals surface area (Å²) in [6.45, 7) is 1.85. The number of halogens is 2. The molecule has 0 aromatic heterocycles. The third-order valence-corrected chi connectivity index (χ3v) is 3.22. The molecule has 1 aliphatic rings. The van der Waals surface area contributed by atoms with Crippen LogP contribution in [-0.2, 0) is 11.2 Å². The summed E-state index contributed by atoms with van der Waals surface area (Å²) in [5, 5.41) is 11.7. The highest BCUT2D eigenvalue weighted by Crippen LogP contribution is 2.32. The van der Waals surface area contributed by atoms with E-state index in [9.17, 15) is 18.4 Å². The number of carbonyl (C=O) groups excluding carboxylic acids is 1. The summed E-state index contributed by atoms with van der Waals surface area (Å²) >= 11 is 0. The number of carboxylic acid groups (broad SMARTS) is 1. The predicted molar refractivity (Wildman–Crippen MR) is 71.6 cm³/mol. The van der Waals surface area contributed by atoms with Crippen LogP contribution in [0.1, 0.15) is 35.7 Å². The summed E-state index contributed by atoms with van der Waals surface area (Å²) in [6, 6.07) is 0.604. The minimum atomic E-state index is -1.39. The lowest BCUT2D eigenvalue weighted by atomic mass is 9.78. The van der Waals surface area contributed by atoms with E-state index in [-0.39, 0.29) is 31.1 Å². The number of benzene rings is 1. The first-order chi connectivity index (χ1) is 9.93. The minimum absolute atomic E-state index is 0.00530. The van der Waals surface area contributed by atoms with Crippen LogP contribution in [0.3, 0.4) is 0 Å². The highest BCUT2D eigenvalue weighted by Gasteiger charge is 2.31. The second-order valence-corrected chi connectivity index (χ2v) is 4.86. The molecular weight excluding hydrogens is 283 g/mol. The van der Waals surface area contributed by atoms with Crippen LogP contribution in [-0.4, -0.2) is 30.4 Å². The van der Waals surface area contributed by atoms with Gasteiger partial charge in [-0.25, -0.2) is 13.6 Å². The van der Waals surface area contributed by atoms with Gasteiger partial charge in [-0.2, -0.15) is 0 Å². The van der Waals surface area contributed by atoms with Crippen molar-refractivity contribution < 1.29 is 28.1 Å². The average molecular weight is 297 g/mol. The molecule has 2 N–H and O–H groups in total. The number of rotatable bonds is 4. The Morgan fingerprint density at radius 1 is 1.52 bits per heavy atom. The van der Waals surface area contributed by atoms with Gasteiger partial charge in [-0.05, 0) is 18.9 Å². The molecule has 1 aromatic rings. The fourth-order valence-corrected chi connectivity index (χ4v) is 2.28. The van der Waals surface area contributed by atoms with Crippen molar-refractivity contribution in [3.05, 3.63) is 28.8 Å². The standard InChI is InChI=1S/C13H14BF2NO4/c1-2-3-10(18)17-9-5-6-11(16)8(15)4-7(13(19)20)12(6)21-14-9/h4,9,14H,2-3,5H2,1H3,(H,17,18)(H,19,20). The van der Waals surface area contributed by atoms with E-state index in [0.717, 1.165) is 0 Å².